The van der Waals surface area contributed by atoms with Gasteiger partial charge in [-0.3, -0.25) is 14.9 Å². The molecule has 1 N–H and O–H groups in total. The van der Waals surface area contributed by atoms with Gasteiger partial charge in [0, 0.05) is 0 Å². The predicted octanol–water partition coefficient (Wildman–Crippen LogP) is 4.29. The van der Waals surface area contributed by atoms with Crippen molar-refractivity contribution in [1.29, 1.82) is 0 Å². The Balaban J connectivity index is 2.00. The highest BCUT2D eigenvalue weighted by Crippen LogP contribution is 2.35. The van der Waals surface area contributed by atoms with E-state index in [2.05, 4.69) is 11.2 Å². The zero-order chi connectivity index (χ0) is 22.0. The molecule has 0 aromatic heterocycles. The Morgan fingerprint density at radius 2 is 1.77 bits per heavy atom. The van der Waals surface area contributed by atoms with Gasteiger partial charge in [0.2, 0.25) is 0 Å². The van der Waals surface area contributed by atoms with Crippen LogP contribution in [0.3, 0.4) is 0 Å². The van der Waals surface area contributed by atoms with Gasteiger partial charge in [-0.05, 0) is 60.9 Å². The number of carbonyl (C=O) groups is 3. The highest BCUT2D eigenvalue weighted by Gasteiger charge is 2.37. The van der Waals surface area contributed by atoms with Crippen LogP contribution in [0, 0.1) is 26.2 Å². The number of halogens is 2. The first-order valence-electron chi connectivity index (χ1n) is 8.77. The molecule has 6 nitrogen and oxygen atoms in total. The van der Waals surface area contributed by atoms with E-state index in [4.69, 9.17) is 34.4 Å². The molecule has 1 aliphatic heterocycles. The van der Waals surface area contributed by atoms with Crippen LogP contribution >= 0.6 is 23.2 Å². The van der Waals surface area contributed by atoms with Crippen molar-refractivity contribution in [1.82, 2.24) is 5.32 Å². The van der Waals surface area contributed by atoms with Crippen LogP contribution in [-0.4, -0.2) is 24.5 Å². The topological polar surface area (TPSA) is 75.7 Å². The van der Waals surface area contributed by atoms with Crippen molar-refractivity contribution in [2.75, 3.05) is 11.5 Å². The second-order valence-corrected chi connectivity index (χ2v) is 7.35. The van der Waals surface area contributed by atoms with E-state index < -0.39 is 17.8 Å². The summed E-state index contributed by atoms with van der Waals surface area (Å²) in [6, 6.07) is 7.26. The molecule has 1 heterocycles. The molecule has 4 amide bonds. The number of aryl methyl sites for hydroxylation is 2. The largest absolute Gasteiger partial charge is 0.478 e. The van der Waals surface area contributed by atoms with E-state index in [-0.39, 0.29) is 28.0 Å². The number of terminal acetylenes is 1. The Labute approximate surface area is 183 Å². The van der Waals surface area contributed by atoms with E-state index in [0.717, 1.165) is 16.0 Å². The van der Waals surface area contributed by atoms with Gasteiger partial charge in [-0.15, -0.1) is 6.42 Å². The van der Waals surface area contributed by atoms with Crippen molar-refractivity contribution in [3.63, 3.8) is 0 Å². The molecule has 0 bridgehead atoms. The number of hydrogen-bond acceptors (Lipinski definition) is 4. The third kappa shape index (κ3) is 4.18. The van der Waals surface area contributed by atoms with Crippen LogP contribution in [0.5, 0.6) is 5.75 Å². The summed E-state index contributed by atoms with van der Waals surface area (Å²) in [4.78, 5) is 38.6. The summed E-state index contributed by atoms with van der Waals surface area (Å²) in [5.41, 5.74) is 2.40. The molecule has 3 rings (SSSR count). The zero-order valence-electron chi connectivity index (χ0n) is 16.1. The van der Waals surface area contributed by atoms with Crippen LogP contribution in [0.2, 0.25) is 10.0 Å². The Kier molecular flexibility index (Phi) is 6.16. The Morgan fingerprint density at radius 3 is 2.37 bits per heavy atom. The highest BCUT2D eigenvalue weighted by atomic mass is 35.5. The van der Waals surface area contributed by atoms with E-state index in [1.165, 1.54) is 18.2 Å². The number of ether oxygens (including phenoxy) is 1. The minimum atomic E-state index is -0.820. The normalized spacial score (nSPS) is 15.2. The average molecular weight is 443 g/mol. The summed E-state index contributed by atoms with van der Waals surface area (Å²) in [5.74, 6) is 0.935. The molecule has 1 saturated heterocycles. The van der Waals surface area contributed by atoms with E-state index in [1.54, 1.807) is 18.2 Å². The van der Waals surface area contributed by atoms with E-state index in [0.29, 0.717) is 11.3 Å². The van der Waals surface area contributed by atoms with Crippen molar-refractivity contribution in [3.8, 4) is 18.1 Å². The van der Waals surface area contributed by atoms with Gasteiger partial charge in [0.15, 0.2) is 5.75 Å². The molecule has 0 atom stereocenters. The van der Waals surface area contributed by atoms with E-state index in [1.807, 2.05) is 13.8 Å². The van der Waals surface area contributed by atoms with E-state index >= 15 is 0 Å². The van der Waals surface area contributed by atoms with Crippen LogP contribution in [0.15, 0.2) is 35.9 Å². The summed E-state index contributed by atoms with van der Waals surface area (Å²) in [6.45, 7) is 3.76. The van der Waals surface area contributed by atoms with E-state index in [9.17, 15) is 14.4 Å². The van der Waals surface area contributed by atoms with Crippen LogP contribution in [0.1, 0.15) is 16.7 Å². The van der Waals surface area contributed by atoms with Crippen LogP contribution < -0.4 is 15.0 Å². The van der Waals surface area contributed by atoms with Crippen molar-refractivity contribution >= 4 is 52.8 Å². The molecule has 2 aromatic carbocycles. The molecule has 1 aliphatic rings. The molecule has 0 radical (unpaired) electrons. The number of amides is 4. The quantitative estimate of drug-likeness (QED) is 0.435. The lowest BCUT2D eigenvalue weighted by Gasteiger charge is -2.27. The lowest BCUT2D eigenvalue weighted by atomic mass is 10.0. The molecular formula is C22H16Cl2N2O4. The number of hydrogen-bond donors (Lipinski definition) is 1. The SMILES string of the molecule is C#CCOc1c(Cl)cc(/C=C2\C(=O)NC(=O)N(c3ccc(C)c(C)c3)C2=O)cc1Cl. The van der Waals surface area contributed by atoms with Gasteiger partial charge in [0.05, 0.1) is 15.7 Å². The molecular weight excluding hydrogens is 427 g/mol. The maximum Gasteiger partial charge on any atom is 0.335 e. The molecule has 1 fully saturated rings. The first-order valence-corrected chi connectivity index (χ1v) is 9.52. The second kappa shape index (κ2) is 8.62. The van der Waals surface area contributed by atoms with Crippen molar-refractivity contribution < 1.29 is 19.1 Å². The van der Waals surface area contributed by atoms with Crippen LogP contribution in [0.25, 0.3) is 6.08 Å². The molecule has 0 spiro atoms. The Hall–Kier alpha value is -3.27. The minimum Gasteiger partial charge on any atom is -0.478 e. The fourth-order valence-electron chi connectivity index (χ4n) is 2.84. The molecule has 2 aromatic rings. The van der Waals surface area contributed by atoms with Crippen molar-refractivity contribution in [2.24, 2.45) is 0 Å². The second-order valence-electron chi connectivity index (χ2n) is 6.53. The van der Waals surface area contributed by atoms with Gasteiger partial charge in [0.1, 0.15) is 12.2 Å². The summed E-state index contributed by atoms with van der Waals surface area (Å²) >= 11 is 12.4. The lowest BCUT2D eigenvalue weighted by molar-refractivity contribution is -0.122. The predicted molar refractivity (Wildman–Crippen MR) is 116 cm³/mol. The number of benzene rings is 2. The summed E-state index contributed by atoms with van der Waals surface area (Å²) in [6.07, 6.45) is 6.47. The van der Waals surface area contributed by atoms with Gasteiger partial charge < -0.3 is 4.74 Å². The van der Waals surface area contributed by atoms with Crippen LogP contribution in [0.4, 0.5) is 10.5 Å². The summed E-state index contributed by atoms with van der Waals surface area (Å²) in [5, 5.41) is 2.50. The van der Waals surface area contributed by atoms with Crippen molar-refractivity contribution in [3.05, 3.63) is 62.6 Å². The molecule has 8 heteroatoms. The van der Waals surface area contributed by atoms with Gasteiger partial charge in [-0.25, -0.2) is 9.69 Å². The Morgan fingerprint density at radius 1 is 1.10 bits per heavy atom. The standard InChI is InChI=1S/C22H16Cl2N2O4/c1-4-7-30-19-17(23)10-14(11-18(19)24)9-16-20(27)25-22(29)26(21(16)28)15-6-5-12(2)13(3)8-15/h1,5-6,8-11H,7H2,2-3H3,(H,25,27,29)/b16-9+. The molecule has 0 unspecified atom stereocenters. The number of anilines is 1. The van der Waals surface area contributed by atoms with Gasteiger partial charge in [-0.2, -0.15) is 0 Å². The summed E-state index contributed by atoms with van der Waals surface area (Å²) in [7, 11) is 0. The lowest BCUT2D eigenvalue weighted by Crippen LogP contribution is -2.54. The van der Waals surface area contributed by atoms with Crippen molar-refractivity contribution in [2.45, 2.75) is 13.8 Å². The Bertz CT molecular complexity index is 1130. The fraction of sp³-hybridized carbons (Fsp3) is 0.136. The number of nitrogens with one attached hydrogen (secondary N) is 1. The number of nitrogens with zero attached hydrogens (tertiary/aromatic N) is 1. The average Bonchev–Trinajstić information content (AvgIpc) is 2.67. The number of barbiturate groups is 1. The molecule has 0 saturated carbocycles. The highest BCUT2D eigenvalue weighted by molar-refractivity contribution is 6.40. The van der Waals surface area contributed by atoms with Gasteiger partial charge >= 0.3 is 6.03 Å². The monoisotopic (exact) mass is 442 g/mol. The minimum absolute atomic E-state index is 0.0200. The zero-order valence-corrected chi connectivity index (χ0v) is 17.6. The fourth-order valence-corrected chi connectivity index (χ4v) is 3.45. The smallest absolute Gasteiger partial charge is 0.335 e. The number of urea groups is 1. The molecule has 152 valence electrons. The third-order valence-corrected chi connectivity index (χ3v) is 5.04. The third-order valence-electron chi connectivity index (χ3n) is 4.48. The maximum absolute atomic E-state index is 13.0. The number of imide groups is 2. The summed E-state index contributed by atoms with van der Waals surface area (Å²) < 4.78 is 5.29. The number of rotatable bonds is 4. The maximum atomic E-state index is 13.0. The first-order chi connectivity index (χ1) is 14.2. The van der Waals surface area contributed by atoms with Gasteiger partial charge in [0.25, 0.3) is 11.8 Å². The van der Waals surface area contributed by atoms with Gasteiger partial charge in [-0.1, -0.05) is 35.2 Å². The molecule has 30 heavy (non-hydrogen) atoms. The van der Waals surface area contributed by atoms with Crippen LogP contribution in [-0.2, 0) is 9.59 Å². The number of carbonyl (C=O) groups excluding carboxylic acids is 3. The molecule has 0 aliphatic carbocycles. The first kappa shape index (κ1) is 21.4.